The molecule has 2 atom stereocenters. The SMILES string of the molecule is CCc1cccc(C)c1NC(=O)C1CC1C(=O)NCc1cccnc1. The molecule has 1 aliphatic carbocycles. The van der Waals surface area contributed by atoms with Gasteiger partial charge in [0.1, 0.15) is 0 Å². The van der Waals surface area contributed by atoms with E-state index in [1.54, 1.807) is 12.4 Å². The van der Waals surface area contributed by atoms with Crippen molar-refractivity contribution in [1.29, 1.82) is 0 Å². The van der Waals surface area contributed by atoms with Crippen molar-refractivity contribution in [1.82, 2.24) is 10.3 Å². The second-order valence-corrected chi connectivity index (χ2v) is 6.48. The molecule has 0 spiro atoms. The van der Waals surface area contributed by atoms with Gasteiger partial charge in [-0.1, -0.05) is 31.2 Å². The minimum Gasteiger partial charge on any atom is -0.352 e. The molecule has 5 nitrogen and oxygen atoms in total. The molecule has 0 bridgehead atoms. The highest BCUT2D eigenvalue weighted by atomic mass is 16.2. The first kappa shape index (κ1) is 17.1. The van der Waals surface area contributed by atoms with E-state index in [1.807, 2.05) is 37.3 Å². The van der Waals surface area contributed by atoms with Crippen LogP contribution in [0.5, 0.6) is 0 Å². The van der Waals surface area contributed by atoms with E-state index in [1.165, 1.54) is 0 Å². The molecule has 2 N–H and O–H groups in total. The van der Waals surface area contributed by atoms with E-state index < -0.39 is 0 Å². The first-order chi connectivity index (χ1) is 12.1. The van der Waals surface area contributed by atoms with Gasteiger partial charge >= 0.3 is 0 Å². The van der Waals surface area contributed by atoms with E-state index >= 15 is 0 Å². The minimum absolute atomic E-state index is 0.0643. The molecule has 0 radical (unpaired) electrons. The Morgan fingerprint density at radius 2 is 1.96 bits per heavy atom. The van der Waals surface area contributed by atoms with Crippen LogP contribution < -0.4 is 10.6 Å². The van der Waals surface area contributed by atoms with Gasteiger partial charge in [0.15, 0.2) is 0 Å². The number of aromatic nitrogens is 1. The van der Waals surface area contributed by atoms with Crippen molar-refractivity contribution in [2.75, 3.05) is 5.32 Å². The number of anilines is 1. The lowest BCUT2D eigenvalue weighted by Crippen LogP contribution is -2.27. The predicted octanol–water partition coefficient (Wildman–Crippen LogP) is 2.84. The number of nitrogens with one attached hydrogen (secondary N) is 2. The molecule has 5 heteroatoms. The zero-order valence-electron chi connectivity index (χ0n) is 14.6. The Hall–Kier alpha value is -2.69. The molecule has 2 aromatic rings. The summed E-state index contributed by atoms with van der Waals surface area (Å²) in [6.07, 6.45) is 4.89. The number of pyridine rings is 1. The molecule has 0 aliphatic heterocycles. The summed E-state index contributed by atoms with van der Waals surface area (Å²) >= 11 is 0. The van der Waals surface area contributed by atoms with E-state index in [-0.39, 0.29) is 23.7 Å². The summed E-state index contributed by atoms with van der Waals surface area (Å²) in [7, 11) is 0. The molecule has 1 heterocycles. The lowest BCUT2D eigenvalue weighted by molar-refractivity contribution is -0.125. The highest BCUT2D eigenvalue weighted by molar-refractivity contribution is 6.00. The maximum absolute atomic E-state index is 12.5. The quantitative estimate of drug-likeness (QED) is 0.851. The summed E-state index contributed by atoms with van der Waals surface area (Å²) in [6, 6.07) is 9.75. The Labute approximate surface area is 147 Å². The van der Waals surface area contributed by atoms with Crippen molar-refractivity contribution < 1.29 is 9.59 Å². The molecule has 1 aromatic carbocycles. The second-order valence-electron chi connectivity index (χ2n) is 6.48. The predicted molar refractivity (Wildman–Crippen MR) is 96.9 cm³/mol. The van der Waals surface area contributed by atoms with Crippen molar-refractivity contribution in [2.45, 2.75) is 33.2 Å². The van der Waals surface area contributed by atoms with Crippen LogP contribution in [0.4, 0.5) is 5.69 Å². The molecule has 0 saturated heterocycles. The van der Waals surface area contributed by atoms with Crippen molar-refractivity contribution in [3.05, 3.63) is 59.4 Å². The molecular weight excluding hydrogens is 314 g/mol. The minimum atomic E-state index is -0.238. The number of carbonyl (C=O) groups excluding carboxylic acids is 2. The summed E-state index contributed by atoms with van der Waals surface area (Å²) < 4.78 is 0. The van der Waals surface area contributed by atoms with Crippen molar-refractivity contribution >= 4 is 17.5 Å². The van der Waals surface area contributed by atoms with Crippen LogP contribution in [0.25, 0.3) is 0 Å². The fraction of sp³-hybridized carbons (Fsp3) is 0.350. The summed E-state index contributed by atoms with van der Waals surface area (Å²) in [5.41, 5.74) is 4.00. The molecule has 1 aromatic heterocycles. The molecular formula is C20H23N3O2. The number of amides is 2. The zero-order chi connectivity index (χ0) is 17.8. The van der Waals surface area contributed by atoms with Gasteiger partial charge in [0, 0.05) is 24.6 Å². The third-order valence-electron chi connectivity index (χ3n) is 4.64. The first-order valence-electron chi connectivity index (χ1n) is 8.66. The summed E-state index contributed by atoms with van der Waals surface area (Å²) in [5, 5.41) is 5.91. The molecule has 1 aliphatic rings. The van der Waals surface area contributed by atoms with E-state index in [4.69, 9.17) is 0 Å². The van der Waals surface area contributed by atoms with Crippen LogP contribution in [0.1, 0.15) is 30.0 Å². The van der Waals surface area contributed by atoms with Gasteiger partial charge in [-0.25, -0.2) is 0 Å². The summed E-state index contributed by atoms with van der Waals surface area (Å²) in [5.74, 6) is -0.598. The van der Waals surface area contributed by atoms with Crippen LogP contribution in [0.2, 0.25) is 0 Å². The van der Waals surface area contributed by atoms with Gasteiger partial charge in [0.05, 0.1) is 11.8 Å². The van der Waals surface area contributed by atoms with Crippen LogP contribution in [-0.4, -0.2) is 16.8 Å². The first-order valence-corrected chi connectivity index (χ1v) is 8.66. The topological polar surface area (TPSA) is 71.1 Å². The fourth-order valence-corrected chi connectivity index (χ4v) is 3.02. The van der Waals surface area contributed by atoms with Crippen molar-refractivity contribution in [3.63, 3.8) is 0 Å². The van der Waals surface area contributed by atoms with Crippen molar-refractivity contribution in [3.8, 4) is 0 Å². The average molecular weight is 337 g/mol. The summed E-state index contributed by atoms with van der Waals surface area (Å²) in [4.78, 5) is 28.7. The second kappa shape index (κ2) is 7.47. The number of benzene rings is 1. The van der Waals surface area contributed by atoms with Gasteiger partial charge in [0.25, 0.3) is 0 Å². The van der Waals surface area contributed by atoms with Gasteiger partial charge in [0.2, 0.25) is 11.8 Å². The van der Waals surface area contributed by atoms with Gasteiger partial charge < -0.3 is 10.6 Å². The van der Waals surface area contributed by atoms with Crippen LogP contribution >= 0.6 is 0 Å². The van der Waals surface area contributed by atoms with Crippen LogP contribution in [0.15, 0.2) is 42.7 Å². The highest BCUT2D eigenvalue weighted by Gasteiger charge is 2.48. The maximum Gasteiger partial charge on any atom is 0.228 e. The maximum atomic E-state index is 12.5. The number of para-hydroxylation sites is 1. The van der Waals surface area contributed by atoms with Gasteiger partial charge in [-0.15, -0.1) is 0 Å². The van der Waals surface area contributed by atoms with Crippen LogP contribution in [0, 0.1) is 18.8 Å². The molecule has 1 fully saturated rings. The Morgan fingerprint density at radius 3 is 2.68 bits per heavy atom. The van der Waals surface area contributed by atoms with Crippen molar-refractivity contribution in [2.24, 2.45) is 11.8 Å². The van der Waals surface area contributed by atoms with Gasteiger partial charge in [-0.2, -0.15) is 0 Å². The molecule has 3 rings (SSSR count). The third kappa shape index (κ3) is 4.05. The number of hydrogen-bond donors (Lipinski definition) is 2. The Bertz CT molecular complexity index is 774. The summed E-state index contributed by atoms with van der Waals surface area (Å²) in [6.45, 7) is 4.49. The van der Waals surface area contributed by atoms with E-state index in [0.717, 1.165) is 28.8 Å². The smallest absolute Gasteiger partial charge is 0.228 e. The molecule has 1 saturated carbocycles. The number of carbonyl (C=O) groups is 2. The molecule has 2 unspecified atom stereocenters. The lowest BCUT2D eigenvalue weighted by atomic mass is 10.1. The normalized spacial score (nSPS) is 18.5. The Kier molecular flexibility index (Phi) is 5.12. The zero-order valence-corrected chi connectivity index (χ0v) is 14.6. The molecule has 25 heavy (non-hydrogen) atoms. The largest absolute Gasteiger partial charge is 0.352 e. The Balaban J connectivity index is 1.55. The molecule has 130 valence electrons. The third-order valence-corrected chi connectivity index (χ3v) is 4.64. The lowest BCUT2D eigenvalue weighted by Gasteiger charge is -2.13. The van der Waals surface area contributed by atoms with E-state index in [2.05, 4.69) is 22.5 Å². The highest BCUT2D eigenvalue weighted by Crippen LogP contribution is 2.40. The fourth-order valence-electron chi connectivity index (χ4n) is 3.02. The van der Waals surface area contributed by atoms with Crippen LogP contribution in [0.3, 0.4) is 0 Å². The number of rotatable bonds is 6. The number of aryl methyl sites for hydroxylation is 2. The monoisotopic (exact) mass is 337 g/mol. The Morgan fingerprint density at radius 1 is 1.16 bits per heavy atom. The van der Waals surface area contributed by atoms with Gasteiger partial charge in [-0.05, 0) is 42.5 Å². The van der Waals surface area contributed by atoms with Crippen LogP contribution in [-0.2, 0) is 22.6 Å². The molecule has 2 amide bonds. The van der Waals surface area contributed by atoms with E-state index in [9.17, 15) is 9.59 Å². The number of hydrogen-bond acceptors (Lipinski definition) is 3. The number of nitrogens with zero attached hydrogens (tertiary/aromatic N) is 1. The van der Waals surface area contributed by atoms with E-state index in [0.29, 0.717) is 13.0 Å². The van der Waals surface area contributed by atoms with Gasteiger partial charge in [-0.3, -0.25) is 14.6 Å². The average Bonchev–Trinajstić information content (AvgIpc) is 3.43. The standard InChI is InChI=1S/C20H23N3O2/c1-3-15-8-4-6-13(2)18(15)23-20(25)17-10-16(17)19(24)22-12-14-7-5-9-21-11-14/h4-9,11,16-17H,3,10,12H2,1-2H3,(H,22,24)(H,23,25).